The van der Waals surface area contributed by atoms with Crippen molar-refractivity contribution in [2.45, 2.75) is 38.3 Å². The SMILES string of the molecule is O=C(O)c1ccc(CN2CCN(C3CCCC3)C(=O)C2=O)cc1. The fourth-order valence-electron chi connectivity index (χ4n) is 3.38. The molecule has 0 spiro atoms. The van der Waals surface area contributed by atoms with Gasteiger partial charge in [0.15, 0.2) is 0 Å². The molecule has 2 aliphatic rings. The number of carbonyl (C=O) groups is 3. The Balaban J connectivity index is 1.64. The molecular weight excluding hydrogens is 296 g/mol. The highest BCUT2D eigenvalue weighted by atomic mass is 16.4. The van der Waals surface area contributed by atoms with Gasteiger partial charge >= 0.3 is 17.8 Å². The van der Waals surface area contributed by atoms with Gasteiger partial charge in [-0.15, -0.1) is 0 Å². The lowest BCUT2D eigenvalue weighted by molar-refractivity contribution is -0.158. The van der Waals surface area contributed by atoms with Crippen LogP contribution < -0.4 is 0 Å². The lowest BCUT2D eigenvalue weighted by Crippen LogP contribution is -2.56. The van der Waals surface area contributed by atoms with Crippen LogP contribution in [0.2, 0.25) is 0 Å². The molecule has 1 aromatic carbocycles. The maximum absolute atomic E-state index is 12.3. The van der Waals surface area contributed by atoms with Crippen molar-refractivity contribution in [3.8, 4) is 0 Å². The molecule has 1 heterocycles. The molecule has 2 fully saturated rings. The van der Waals surface area contributed by atoms with E-state index < -0.39 is 17.8 Å². The van der Waals surface area contributed by atoms with Crippen LogP contribution in [0, 0.1) is 0 Å². The van der Waals surface area contributed by atoms with E-state index in [0.717, 1.165) is 31.2 Å². The zero-order valence-corrected chi connectivity index (χ0v) is 12.9. The van der Waals surface area contributed by atoms with Gasteiger partial charge in [-0.1, -0.05) is 25.0 Å². The number of aromatic carboxylic acids is 1. The summed E-state index contributed by atoms with van der Waals surface area (Å²) in [5, 5.41) is 8.89. The van der Waals surface area contributed by atoms with Gasteiger partial charge in [-0.05, 0) is 30.5 Å². The standard InChI is InChI=1S/C17H20N2O4/c20-15-16(21)19(14-3-1-2-4-14)10-9-18(15)11-12-5-7-13(8-6-12)17(22)23/h5-8,14H,1-4,9-11H2,(H,22,23). The summed E-state index contributed by atoms with van der Waals surface area (Å²) >= 11 is 0. The van der Waals surface area contributed by atoms with Crippen molar-refractivity contribution in [3.05, 3.63) is 35.4 Å². The van der Waals surface area contributed by atoms with E-state index in [-0.39, 0.29) is 11.6 Å². The molecule has 0 aromatic heterocycles. The quantitative estimate of drug-likeness (QED) is 0.854. The third-order valence-corrected chi connectivity index (χ3v) is 4.68. The first-order valence-electron chi connectivity index (χ1n) is 7.98. The van der Waals surface area contributed by atoms with Crippen LogP contribution in [0.3, 0.4) is 0 Å². The molecule has 6 heteroatoms. The smallest absolute Gasteiger partial charge is 0.335 e. The average Bonchev–Trinajstić information content (AvgIpc) is 3.07. The third-order valence-electron chi connectivity index (χ3n) is 4.68. The number of hydrogen-bond acceptors (Lipinski definition) is 3. The number of carbonyl (C=O) groups excluding carboxylic acids is 2. The van der Waals surface area contributed by atoms with Gasteiger partial charge in [-0.3, -0.25) is 9.59 Å². The first-order valence-corrected chi connectivity index (χ1v) is 7.98. The van der Waals surface area contributed by atoms with Crippen molar-refractivity contribution in [1.29, 1.82) is 0 Å². The third kappa shape index (κ3) is 3.21. The van der Waals surface area contributed by atoms with Crippen LogP contribution in [-0.2, 0) is 16.1 Å². The second kappa shape index (κ2) is 6.40. The van der Waals surface area contributed by atoms with Gasteiger partial charge in [-0.25, -0.2) is 4.79 Å². The number of nitrogens with zero attached hydrogens (tertiary/aromatic N) is 2. The molecule has 0 unspecified atom stereocenters. The fraction of sp³-hybridized carbons (Fsp3) is 0.471. The van der Waals surface area contributed by atoms with E-state index in [4.69, 9.17) is 5.11 Å². The maximum Gasteiger partial charge on any atom is 0.335 e. The summed E-state index contributed by atoms with van der Waals surface area (Å²) < 4.78 is 0. The molecule has 6 nitrogen and oxygen atoms in total. The Kier molecular flexibility index (Phi) is 4.32. The van der Waals surface area contributed by atoms with Crippen molar-refractivity contribution in [3.63, 3.8) is 0 Å². The number of benzene rings is 1. The Bertz CT molecular complexity index is 620. The highest BCUT2D eigenvalue weighted by Crippen LogP contribution is 2.25. The van der Waals surface area contributed by atoms with E-state index in [1.807, 2.05) is 0 Å². The van der Waals surface area contributed by atoms with Crippen LogP contribution in [-0.4, -0.2) is 51.8 Å². The van der Waals surface area contributed by atoms with E-state index in [0.29, 0.717) is 19.6 Å². The molecule has 0 radical (unpaired) electrons. The van der Waals surface area contributed by atoms with Crippen molar-refractivity contribution in [1.82, 2.24) is 9.80 Å². The largest absolute Gasteiger partial charge is 0.478 e. The summed E-state index contributed by atoms with van der Waals surface area (Å²) in [6.45, 7) is 1.45. The zero-order chi connectivity index (χ0) is 16.4. The number of piperazine rings is 1. The molecule has 1 saturated carbocycles. The van der Waals surface area contributed by atoms with Gasteiger partial charge in [0.2, 0.25) is 0 Å². The topological polar surface area (TPSA) is 77.9 Å². The number of amides is 2. The lowest BCUT2D eigenvalue weighted by Gasteiger charge is -2.37. The normalized spacial score (nSPS) is 19.5. The maximum atomic E-state index is 12.3. The van der Waals surface area contributed by atoms with E-state index in [9.17, 15) is 14.4 Å². The lowest BCUT2D eigenvalue weighted by atomic mass is 10.1. The summed E-state index contributed by atoms with van der Waals surface area (Å²) in [6.07, 6.45) is 4.25. The summed E-state index contributed by atoms with van der Waals surface area (Å²) in [6, 6.07) is 6.62. The van der Waals surface area contributed by atoms with Crippen molar-refractivity contribution in [2.24, 2.45) is 0 Å². The fourth-order valence-corrected chi connectivity index (χ4v) is 3.38. The number of hydrogen-bond donors (Lipinski definition) is 1. The molecule has 1 aromatic rings. The number of carboxylic acids is 1. The van der Waals surface area contributed by atoms with Gasteiger partial charge in [0.25, 0.3) is 0 Å². The van der Waals surface area contributed by atoms with Crippen LogP contribution in [0.4, 0.5) is 0 Å². The Morgan fingerprint density at radius 3 is 2.30 bits per heavy atom. The van der Waals surface area contributed by atoms with E-state index in [1.165, 1.54) is 12.1 Å². The first-order chi connectivity index (χ1) is 11.1. The molecule has 1 aliphatic carbocycles. The van der Waals surface area contributed by atoms with Crippen LogP contribution >= 0.6 is 0 Å². The minimum Gasteiger partial charge on any atom is -0.478 e. The predicted molar refractivity (Wildman–Crippen MR) is 82.8 cm³/mol. The minimum absolute atomic E-state index is 0.210. The Morgan fingerprint density at radius 2 is 1.70 bits per heavy atom. The Labute approximate surface area is 134 Å². The van der Waals surface area contributed by atoms with Crippen LogP contribution in [0.5, 0.6) is 0 Å². The van der Waals surface area contributed by atoms with Gasteiger partial charge in [0, 0.05) is 25.7 Å². The van der Waals surface area contributed by atoms with E-state index in [1.54, 1.807) is 21.9 Å². The zero-order valence-electron chi connectivity index (χ0n) is 12.9. The molecule has 1 aliphatic heterocycles. The second-order valence-corrected chi connectivity index (χ2v) is 6.17. The average molecular weight is 316 g/mol. The molecule has 3 rings (SSSR count). The highest BCUT2D eigenvalue weighted by Gasteiger charge is 2.37. The summed E-state index contributed by atoms with van der Waals surface area (Å²) in [5.41, 5.74) is 1.03. The van der Waals surface area contributed by atoms with Gasteiger partial charge in [0.1, 0.15) is 0 Å². The van der Waals surface area contributed by atoms with Crippen LogP contribution in [0.25, 0.3) is 0 Å². The molecule has 1 saturated heterocycles. The van der Waals surface area contributed by atoms with E-state index >= 15 is 0 Å². The molecule has 122 valence electrons. The van der Waals surface area contributed by atoms with Crippen LogP contribution in [0.15, 0.2) is 24.3 Å². The van der Waals surface area contributed by atoms with Crippen LogP contribution in [0.1, 0.15) is 41.6 Å². The number of carboxylic acid groups (broad SMARTS) is 1. The molecule has 23 heavy (non-hydrogen) atoms. The minimum atomic E-state index is -0.979. The molecule has 0 bridgehead atoms. The number of rotatable bonds is 4. The van der Waals surface area contributed by atoms with Crippen molar-refractivity contribution < 1.29 is 19.5 Å². The summed E-state index contributed by atoms with van der Waals surface area (Å²) in [4.78, 5) is 38.8. The molecule has 0 atom stereocenters. The summed E-state index contributed by atoms with van der Waals surface area (Å²) in [7, 11) is 0. The van der Waals surface area contributed by atoms with Gasteiger partial charge in [-0.2, -0.15) is 0 Å². The van der Waals surface area contributed by atoms with E-state index in [2.05, 4.69) is 0 Å². The van der Waals surface area contributed by atoms with Crippen molar-refractivity contribution >= 4 is 17.8 Å². The second-order valence-electron chi connectivity index (χ2n) is 6.17. The molecule has 2 amide bonds. The Hall–Kier alpha value is -2.37. The highest BCUT2D eigenvalue weighted by molar-refractivity contribution is 6.35. The molecular formula is C17H20N2O4. The molecule has 1 N–H and O–H groups in total. The first kappa shape index (κ1) is 15.5. The van der Waals surface area contributed by atoms with Gasteiger partial charge in [0.05, 0.1) is 5.56 Å². The predicted octanol–water partition coefficient (Wildman–Crippen LogP) is 1.50. The van der Waals surface area contributed by atoms with Gasteiger partial charge < -0.3 is 14.9 Å². The van der Waals surface area contributed by atoms with Crippen molar-refractivity contribution in [2.75, 3.05) is 13.1 Å². The Morgan fingerprint density at radius 1 is 1.04 bits per heavy atom. The summed E-state index contributed by atoms with van der Waals surface area (Å²) in [5.74, 6) is -1.83. The monoisotopic (exact) mass is 316 g/mol.